The number of aromatic nitrogens is 2. The standard InChI is InChI=1S/C14H18BFN2O3S/c1-13(2)14(3,4)21-15(20-13)10-6-7-11-9(12(10)19-5)8-17-18(11)22-16/h6-8H,1-5H3. The molecule has 3 rings (SSSR count). The van der Waals surface area contributed by atoms with E-state index in [0.717, 1.165) is 10.8 Å². The van der Waals surface area contributed by atoms with E-state index in [0.29, 0.717) is 11.3 Å². The smallest absolute Gasteiger partial charge is 0.496 e. The molecular weight excluding hydrogens is 306 g/mol. The lowest BCUT2D eigenvalue weighted by atomic mass is 9.77. The highest BCUT2D eigenvalue weighted by Gasteiger charge is 2.52. The molecule has 2 aromatic rings. The van der Waals surface area contributed by atoms with Crippen molar-refractivity contribution >= 4 is 35.8 Å². The average Bonchev–Trinajstić information content (AvgIpc) is 2.96. The zero-order valence-electron chi connectivity index (χ0n) is 13.2. The molecule has 1 aromatic carbocycles. The first kappa shape index (κ1) is 15.6. The fourth-order valence-electron chi connectivity index (χ4n) is 2.51. The van der Waals surface area contributed by atoms with E-state index in [1.807, 2.05) is 33.8 Å². The summed E-state index contributed by atoms with van der Waals surface area (Å²) in [4.78, 5) is 0. The molecule has 0 amide bonds. The lowest BCUT2D eigenvalue weighted by molar-refractivity contribution is 0.00578. The van der Waals surface area contributed by atoms with Crippen LogP contribution in [-0.2, 0) is 9.31 Å². The van der Waals surface area contributed by atoms with Crippen LogP contribution in [0.1, 0.15) is 27.7 Å². The maximum atomic E-state index is 12.9. The topological polar surface area (TPSA) is 45.5 Å². The van der Waals surface area contributed by atoms with Gasteiger partial charge in [0.05, 0.1) is 35.4 Å². The highest BCUT2D eigenvalue weighted by Crippen LogP contribution is 2.38. The Morgan fingerprint density at radius 3 is 2.41 bits per heavy atom. The van der Waals surface area contributed by atoms with Crippen molar-refractivity contribution in [3.05, 3.63) is 18.3 Å². The maximum absolute atomic E-state index is 12.9. The Labute approximate surface area is 133 Å². The fourth-order valence-corrected chi connectivity index (χ4v) is 2.82. The molecule has 1 saturated heterocycles. The molecule has 0 radical (unpaired) electrons. The van der Waals surface area contributed by atoms with Gasteiger partial charge in [-0.2, -0.15) is 9.19 Å². The molecule has 0 bridgehead atoms. The summed E-state index contributed by atoms with van der Waals surface area (Å²) in [5.41, 5.74) is 0.550. The third kappa shape index (κ3) is 2.21. The Morgan fingerprint density at radius 1 is 1.23 bits per heavy atom. The van der Waals surface area contributed by atoms with Gasteiger partial charge in [-0.3, -0.25) is 0 Å². The molecule has 5 nitrogen and oxygen atoms in total. The van der Waals surface area contributed by atoms with Crippen LogP contribution in [0, 0.1) is 0 Å². The van der Waals surface area contributed by atoms with E-state index < -0.39 is 18.3 Å². The summed E-state index contributed by atoms with van der Waals surface area (Å²) < 4.78 is 31.7. The lowest BCUT2D eigenvalue weighted by Gasteiger charge is -2.32. The molecule has 1 aliphatic rings. The van der Waals surface area contributed by atoms with Crippen LogP contribution in [0.2, 0.25) is 0 Å². The minimum atomic E-state index is -0.536. The van der Waals surface area contributed by atoms with Gasteiger partial charge in [0.1, 0.15) is 5.75 Å². The summed E-state index contributed by atoms with van der Waals surface area (Å²) in [6, 6.07) is 3.62. The van der Waals surface area contributed by atoms with Crippen molar-refractivity contribution in [1.82, 2.24) is 9.19 Å². The van der Waals surface area contributed by atoms with Gasteiger partial charge in [-0.15, -0.1) is 3.89 Å². The van der Waals surface area contributed by atoms with Crippen molar-refractivity contribution in [1.29, 1.82) is 0 Å². The molecule has 0 aliphatic carbocycles. The predicted octanol–water partition coefficient (Wildman–Crippen LogP) is 2.72. The first-order valence-electron chi connectivity index (χ1n) is 7.00. The molecule has 118 valence electrons. The second-order valence-electron chi connectivity index (χ2n) is 6.30. The maximum Gasteiger partial charge on any atom is 0.498 e. The molecule has 0 atom stereocenters. The highest BCUT2D eigenvalue weighted by molar-refractivity contribution is 7.92. The summed E-state index contributed by atoms with van der Waals surface area (Å²) in [6.45, 7) is 7.98. The number of fused-ring (bicyclic) bond motifs is 1. The monoisotopic (exact) mass is 324 g/mol. The largest absolute Gasteiger partial charge is 0.498 e. The van der Waals surface area contributed by atoms with Gasteiger partial charge >= 0.3 is 7.12 Å². The van der Waals surface area contributed by atoms with E-state index in [1.165, 1.54) is 4.09 Å². The van der Waals surface area contributed by atoms with Crippen molar-refractivity contribution < 1.29 is 17.9 Å². The quantitative estimate of drug-likeness (QED) is 0.813. The van der Waals surface area contributed by atoms with Gasteiger partial charge in [-0.1, -0.05) is 6.07 Å². The SMILES string of the molecule is COc1c(B2OC(C)(C)C(C)(C)O2)ccc2c1cnn2SF. The number of halogens is 1. The number of benzene rings is 1. The predicted molar refractivity (Wildman–Crippen MR) is 86.1 cm³/mol. The lowest BCUT2D eigenvalue weighted by Crippen LogP contribution is -2.41. The molecule has 8 heteroatoms. The van der Waals surface area contributed by atoms with Gasteiger partial charge in [0.25, 0.3) is 0 Å². The van der Waals surface area contributed by atoms with E-state index in [2.05, 4.69) is 5.10 Å². The second kappa shape index (κ2) is 5.14. The third-order valence-corrected chi connectivity index (χ3v) is 4.90. The minimum absolute atomic E-state index is 0.0493. The molecule has 0 saturated carbocycles. The van der Waals surface area contributed by atoms with E-state index in [-0.39, 0.29) is 12.3 Å². The van der Waals surface area contributed by atoms with Crippen molar-refractivity contribution in [3.8, 4) is 5.75 Å². The number of hydrogen-bond acceptors (Lipinski definition) is 5. The summed E-state index contributed by atoms with van der Waals surface area (Å²) in [6.07, 6.45) is 1.58. The van der Waals surface area contributed by atoms with E-state index in [1.54, 1.807) is 19.4 Å². The molecule has 1 fully saturated rings. The van der Waals surface area contributed by atoms with Crippen LogP contribution in [0.15, 0.2) is 18.3 Å². The molecule has 0 N–H and O–H groups in total. The van der Waals surface area contributed by atoms with Gasteiger partial charge in [-0.25, -0.2) is 0 Å². The Bertz CT molecular complexity index is 703. The zero-order valence-corrected chi connectivity index (χ0v) is 14.0. The third-order valence-electron chi connectivity index (χ3n) is 4.48. The Balaban J connectivity index is 2.09. The van der Waals surface area contributed by atoms with Crippen LogP contribution < -0.4 is 10.2 Å². The fraction of sp³-hybridized carbons (Fsp3) is 0.500. The van der Waals surface area contributed by atoms with Crippen molar-refractivity contribution in [2.45, 2.75) is 38.9 Å². The van der Waals surface area contributed by atoms with Gasteiger partial charge in [-0.05, 0) is 33.8 Å². The number of nitrogens with zero attached hydrogens (tertiary/aromatic N) is 2. The van der Waals surface area contributed by atoms with Gasteiger partial charge in [0, 0.05) is 5.46 Å². The molecule has 1 aromatic heterocycles. The second-order valence-corrected chi connectivity index (χ2v) is 6.78. The first-order chi connectivity index (χ1) is 10.3. The molecule has 2 heterocycles. The normalized spacial score (nSPS) is 19.8. The van der Waals surface area contributed by atoms with Gasteiger partial charge in [0.15, 0.2) is 12.3 Å². The molecule has 22 heavy (non-hydrogen) atoms. The average molecular weight is 324 g/mol. The van der Waals surface area contributed by atoms with Gasteiger partial charge < -0.3 is 14.0 Å². The number of ether oxygens (including phenoxy) is 1. The number of methoxy groups -OCH3 is 1. The van der Waals surface area contributed by atoms with Crippen LogP contribution >= 0.6 is 12.3 Å². The van der Waals surface area contributed by atoms with Crippen LogP contribution in [0.25, 0.3) is 10.9 Å². The van der Waals surface area contributed by atoms with Crippen LogP contribution in [0.3, 0.4) is 0 Å². The van der Waals surface area contributed by atoms with Crippen molar-refractivity contribution in [2.75, 3.05) is 7.11 Å². The Hall–Kier alpha value is -1.25. The molecule has 1 aliphatic heterocycles. The van der Waals surface area contributed by atoms with Crippen molar-refractivity contribution in [2.24, 2.45) is 0 Å². The zero-order chi connectivity index (χ0) is 16.1. The molecule has 0 spiro atoms. The number of hydrogen-bond donors (Lipinski definition) is 0. The van der Waals surface area contributed by atoms with Crippen LogP contribution in [-0.4, -0.2) is 34.6 Å². The summed E-state index contributed by atoms with van der Waals surface area (Å²) in [5, 5.41) is 4.71. The molecular formula is C14H18BFN2O3S. The molecule has 0 unspecified atom stereocenters. The van der Waals surface area contributed by atoms with Crippen LogP contribution in [0.4, 0.5) is 3.89 Å². The summed E-state index contributed by atoms with van der Waals surface area (Å²) >= 11 is 0.0493. The van der Waals surface area contributed by atoms with Crippen molar-refractivity contribution in [3.63, 3.8) is 0 Å². The minimum Gasteiger partial charge on any atom is -0.496 e. The first-order valence-corrected chi connectivity index (χ1v) is 7.67. The Kier molecular flexibility index (Phi) is 3.66. The Morgan fingerprint density at radius 2 is 1.86 bits per heavy atom. The summed E-state index contributed by atoms with van der Waals surface area (Å²) in [7, 11) is 1.04. The van der Waals surface area contributed by atoms with Gasteiger partial charge in [0.2, 0.25) is 0 Å². The van der Waals surface area contributed by atoms with Crippen LogP contribution in [0.5, 0.6) is 5.75 Å². The van der Waals surface area contributed by atoms with E-state index >= 15 is 0 Å². The van der Waals surface area contributed by atoms with E-state index in [4.69, 9.17) is 14.0 Å². The number of rotatable bonds is 3. The summed E-state index contributed by atoms with van der Waals surface area (Å²) in [5.74, 6) is 0.594. The van der Waals surface area contributed by atoms with E-state index in [9.17, 15) is 3.89 Å². The highest BCUT2D eigenvalue weighted by atomic mass is 32.2.